The molecule has 2 aromatic rings. The predicted molar refractivity (Wildman–Crippen MR) is 97.5 cm³/mol. The molecule has 0 spiro atoms. The number of hydrogen-bond donors (Lipinski definition) is 2. The molecular formula is C18H27N5O. The minimum Gasteiger partial charge on any atom is -0.496 e. The SMILES string of the molecule is CN=C(NCCc1ccccc1OC)NCC(C)Cn1cccn1. The molecule has 1 atom stereocenters. The Labute approximate surface area is 143 Å². The van der Waals surface area contributed by atoms with Gasteiger partial charge in [0.1, 0.15) is 5.75 Å². The fourth-order valence-corrected chi connectivity index (χ4v) is 2.51. The molecule has 0 saturated carbocycles. The number of hydrogen-bond acceptors (Lipinski definition) is 3. The quantitative estimate of drug-likeness (QED) is 0.574. The monoisotopic (exact) mass is 329 g/mol. The molecule has 1 unspecified atom stereocenters. The van der Waals surface area contributed by atoms with Crippen LogP contribution in [0.15, 0.2) is 47.7 Å². The van der Waals surface area contributed by atoms with E-state index in [2.05, 4.69) is 33.7 Å². The zero-order chi connectivity index (χ0) is 17.2. The average Bonchev–Trinajstić information content (AvgIpc) is 3.11. The van der Waals surface area contributed by atoms with Crippen LogP contribution in [-0.2, 0) is 13.0 Å². The zero-order valence-electron chi connectivity index (χ0n) is 14.7. The van der Waals surface area contributed by atoms with Crippen LogP contribution in [-0.4, -0.2) is 43.0 Å². The molecule has 1 aromatic heterocycles. The van der Waals surface area contributed by atoms with Crippen LogP contribution >= 0.6 is 0 Å². The van der Waals surface area contributed by atoms with Gasteiger partial charge in [0.25, 0.3) is 0 Å². The molecule has 1 aromatic carbocycles. The number of ether oxygens (including phenoxy) is 1. The highest BCUT2D eigenvalue weighted by molar-refractivity contribution is 5.79. The van der Waals surface area contributed by atoms with Crippen LogP contribution in [0.1, 0.15) is 12.5 Å². The van der Waals surface area contributed by atoms with Gasteiger partial charge in [0.15, 0.2) is 5.96 Å². The average molecular weight is 329 g/mol. The van der Waals surface area contributed by atoms with Crippen LogP contribution in [0.3, 0.4) is 0 Å². The van der Waals surface area contributed by atoms with Gasteiger partial charge < -0.3 is 15.4 Å². The van der Waals surface area contributed by atoms with Crippen molar-refractivity contribution in [3.05, 3.63) is 48.3 Å². The number of benzene rings is 1. The molecular weight excluding hydrogens is 302 g/mol. The molecule has 0 aliphatic heterocycles. The Kier molecular flexibility index (Phi) is 7.14. The Hall–Kier alpha value is -2.50. The lowest BCUT2D eigenvalue weighted by Crippen LogP contribution is -2.40. The standard InChI is InChI=1S/C18H27N5O/c1-15(14-23-12-6-10-22-23)13-21-18(19-2)20-11-9-16-7-4-5-8-17(16)24-3/h4-8,10,12,15H,9,11,13-14H2,1-3H3,(H2,19,20,21). The third-order valence-corrected chi connectivity index (χ3v) is 3.78. The second-order valence-corrected chi connectivity index (χ2v) is 5.78. The van der Waals surface area contributed by atoms with Crippen molar-refractivity contribution in [2.45, 2.75) is 19.9 Å². The number of para-hydroxylation sites is 1. The number of guanidine groups is 1. The lowest BCUT2D eigenvalue weighted by Gasteiger charge is -2.16. The summed E-state index contributed by atoms with van der Waals surface area (Å²) < 4.78 is 7.32. The van der Waals surface area contributed by atoms with Crippen molar-refractivity contribution >= 4 is 5.96 Å². The lowest BCUT2D eigenvalue weighted by molar-refractivity contribution is 0.409. The van der Waals surface area contributed by atoms with Gasteiger partial charge in [-0.2, -0.15) is 5.10 Å². The summed E-state index contributed by atoms with van der Waals surface area (Å²) in [6, 6.07) is 10.0. The number of aliphatic imine (C=N–C) groups is 1. The van der Waals surface area contributed by atoms with Crippen molar-refractivity contribution in [3.63, 3.8) is 0 Å². The van der Waals surface area contributed by atoms with E-state index < -0.39 is 0 Å². The van der Waals surface area contributed by atoms with Crippen molar-refractivity contribution in [1.29, 1.82) is 0 Å². The highest BCUT2D eigenvalue weighted by Gasteiger charge is 2.06. The van der Waals surface area contributed by atoms with E-state index in [1.165, 1.54) is 5.56 Å². The number of nitrogens with zero attached hydrogens (tertiary/aromatic N) is 3. The third-order valence-electron chi connectivity index (χ3n) is 3.78. The lowest BCUT2D eigenvalue weighted by atomic mass is 10.1. The van der Waals surface area contributed by atoms with Gasteiger partial charge >= 0.3 is 0 Å². The molecule has 0 amide bonds. The second kappa shape index (κ2) is 9.60. The van der Waals surface area contributed by atoms with E-state index >= 15 is 0 Å². The van der Waals surface area contributed by atoms with Crippen LogP contribution in [0.25, 0.3) is 0 Å². The summed E-state index contributed by atoms with van der Waals surface area (Å²) in [6.45, 7) is 4.72. The fourth-order valence-electron chi connectivity index (χ4n) is 2.51. The highest BCUT2D eigenvalue weighted by Crippen LogP contribution is 2.17. The first-order chi connectivity index (χ1) is 11.7. The normalized spacial score (nSPS) is 12.7. The van der Waals surface area contributed by atoms with Crippen LogP contribution < -0.4 is 15.4 Å². The minimum atomic E-state index is 0.456. The molecule has 1 heterocycles. The highest BCUT2D eigenvalue weighted by atomic mass is 16.5. The molecule has 0 saturated heterocycles. The van der Waals surface area contributed by atoms with E-state index in [4.69, 9.17) is 4.74 Å². The van der Waals surface area contributed by atoms with Crippen LogP contribution in [0.4, 0.5) is 0 Å². The number of rotatable bonds is 8. The summed E-state index contributed by atoms with van der Waals surface area (Å²) in [5.74, 6) is 2.20. The maximum Gasteiger partial charge on any atom is 0.190 e. The van der Waals surface area contributed by atoms with Crippen molar-refractivity contribution in [1.82, 2.24) is 20.4 Å². The van der Waals surface area contributed by atoms with E-state index in [9.17, 15) is 0 Å². The molecule has 0 aliphatic rings. The molecule has 130 valence electrons. The minimum absolute atomic E-state index is 0.456. The fraction of sp³-hybridized carbons (Fsp3) is 0.444. The molecule has 2 N–H and O–H groups in total. The summed E-state index contributed by atoms with van der Waals surface area (Å²) >= 11 is 0. The van der Waals surface area contributed by atoms with E-state index in [1.54, 1.807) is 20.4 Å². The van der Waals surface area contributed by atoms with Crippen LogP contribution in [0.5, 0.6) is 5.75 Å². The number of methoxy groups -OCH3 is 1. The molecule has 24 heavy (non-hydrogen) atoms. The van der Waals surface area contributed by atoms with Gasteiger partial charge in [0.2, 0.25) is 0 Å². The summed E-state index contributed by atoms with van der Waals surface area (Å²) in [7, 11) is 3.49. The Bertz CT molecular complexity index is 624. The van der Waals surface area contributed by atoms with E-state index in [1.807, 2.05) is 35.1 Å². The molecule has 6 heteroatoms. The van der Waals surface area contributed by atoms with Gasteiger partial charge in [0.05, 0.1) is 7.11 Å². The Balaban J connectivity index is 1.72. The zero-order valence-corrected chi connectivity index (χ0v) is 14.7. The first-order valence-corrected chi connectivity index (χ1v) is 8.26. The summed E-state index contributed by atoms with van der Waals surface area (Å²) in [5.41, 5.74) is 1.19. The predicted octanol–water partition coefficient (Wildman–Crippen LogP) is 1.94. The van der Waals surface area contributed by atoms with E-state index in [0.29, 0.717) is 5.92 Å². The maximum absolute atomic E-state index is 5.38. The molecule has 6 nitrogen and oxygen atoms in total. The van der Waals surface area contributed by atoms with E-state index in [-0.39, 0.29) is 0 Å². The van der Waals surface area contributed by atoms with Crippen LogP contribution in [0, 0.1) is 5.92 Å². The number of nitrogens with one attached hydrogen (secondary N) is 2. The van der Waals surface area contributed by atoms with Gasteiger partial charge in [-0.1, -0.05) is 25.1 Å². The van der Waals surface area contributed by atoms with Crippen molar-refractivity contribution in [2.24, 2.45) is 10.9 Å². The largest absolute Gasteiger partial charge is 0.496 e. The number of aromatic nitrogens is 2. The van der Waals surface area contributed by atoms with Gasteiger partial charge in [-0.3, -0.25) is 9.67 Å². The van der Waals surface area contributed by atoms with Crippen molar-refractivity contribution < 1.29 is 4.74 Å². The van der Waals surface area contributed by atoms with Gasteiger partial charge in [-0.25, -0.2) is 0 Å². The molecule has 0 aliphatic carbocycles. The van der Waals surface area contributed by atoms with Crippen LogP contribution in [0.2, 0.25) is 0 Å². The second-order valence-electron chi connectivity index (χ2n) is 5.78. The Morgan fingerprint density at radius 3 is 2.83 bits per heavy atom. The maximum atomic E-state index is 5.38. The third kappa shape index (κ3) is 5.61. The first kappa shape index (κ1) is 17.8. The van der Waals surface area contributed by atoms with Crippen molar-refractivity contribution in [3.8, 4) is 5.75 Å². The van der Waals surface area contributed by atoms with Crippen molar-refractivity contribution in [2.75, 3.05) is 27.2 Å². The summed E-state index contributed by atoms with van der Waals surface area (Å²) in [4.78, 5) is 4.27. The summed E-state index contributed by atoms with van der Waals surface area (Å²) in [6.07, 6.45) is 4.67. The van der Waals surface area contributed by atoms with Gasteiger partial charge in [-0.15, -0.1) is 0 Å². The first-order valence-electron chi connectivity index (χ1n) is 8.26. The molecule has 0 fully saturated rings. The molecule has 2 rings (SSSR count). The summed E-state index contributed by atoms with van der Waals surface area (Å²) in [5, 5.41) is 10.9. The van der Waals surface area contributed by atoms with E-state index in [0.717, 1.165) is 37.8 Å². The molecule has 0 radical (unpaired) electrons. The van der Waals surface area contributed by atoms with Gasteiger partial charge in [0, 0.05) is 39.1 Å². The van der Waals surface area contributed by atoms with Gasteiger partial charge in [-0.05, 0) is 30.0 Å². The smallest absolute Gasteiger partial charge is 0.190 e. The topological polar surface area (TPSA) is 63.5 Å². The molecule has 0 bridgehead atoms. The Morgan fingerprint density at radius 2 is 2.12 bits per heavy atom. The Morgan fingerprint density at radius 1 is 1.29 bits per heavy atom.